The standard InChI is InChI=1S/C9H9N2O/c12-9-4-2-6-11(9)8-3-1-5-10-7-8/h1,3,7H,2,4,6H2. The Labute approximate surface area is 71.0 Å². The number of amides is 1. The van der Waals surface area contributed by atoms with Gasteiger partial charge < -0.3 is 4.90 Å². The van der Waals surface area contributed by atoms with Crippen molar-refractivity contribution in [1.82, 2.24) is 4.98 Å². The molecule has 1 aromatic rings. The van der Waals surface area contributed by atoms with Crippen molar-refractivity contribution >= 4 is 11.6 Å². The highest BCUT2D eigenvalue weighted by Crippen LogP contribution is 2.18. The van der Waals surface area contributed by atoms with Crippen LogP contribution in [-0.2, 0) is 4.79 Å². The van der Waals surface area contributed by atoms with Crippen molar-refractivity contribution in [3.63, 3.8) is 0 Å². The van der Waals surface area contributed by atoms with Crippen molar-refractivity contribution in [1.29, 1.82) is 0 Å². The SMILES string of the molecule is O=C1CCCN1c1cc[c]nc1. The number of aromatic nitrogens is 1. The van der Waals surface area contributed by atoms with Crippen LogP contribution in [0.4, 0.5) is 5.69 Å². The summed E-state index contributed by atoms with van der Waals surface area (Å²) >= 11 is 0. The third-order valence-electron chi connectivity index (χ3n) is 1.99. The zero-order valence-corrected chi connectivity index (χ0v) is 6.66. The summed E-state index contributed by atoms with van der Waals surface area (Å²) in [6.45, 7) is 0.824. The molecule has 0 atom stereocenters. The average Bonchev–Trinajstić information content (AvgIpc) is 2.53. The second-order valence-electron chi connectivity index (χ2n) is 2.79. The van der Waals surface area contributed by atoms with Crippen LogP contribution in [-0.4, -0.2) is 17.4 Å². The van der Waals surface area contributed by atoms with E-state index in [9.17, 15) is 4.79 Å². The number of carbonyl (C=O) groups excluding carboxylic acids is 1. The summed E-state index contributed by atoms with van der Waals surface area (Å²) in [5, 5.41) is 0. The van der Waals surface area contributed by atoms with E-state index in [2.05, 4.69) is 11.2 Å². The van der Waals surface area contributed by atoms with E-state index < -0.39 is 0 Å². The molecule has 1 aliphatic heterocycles. The molecule has 1 amide bonds. The molecule has 0 spiro atoms. The molecule has 1 aromatic heterocycles. The van der Waals surface area contributed by atoms with Gasteiger partial charge in [0.15, 0.2) is 0 Å². The van der Waals surface area contributed by atoms with E-state index in [0.29, 0.717) is 6.42 Å². The maximum Gasteiger partial charge on any atom is 0.227 e. The molecule has 0 aliphatic carbocycles. The van der Waals surface area contributed by atoms with Gasteiger partial charge in [-0.25, -0.2) is 0 Å². The molecule has 0 N–H and O–H groups in total. The van der Waals surface area contributed by atoms with Crippen LogP contribution >= 0.6 is 0 Å². The summed E-state index contributed by atoms with van der Waals surface area (Å²) in [6.07, 6.45) is 5.97. The van der Waals surface area contributed by atoms with E-state index in [-0.39, 0.29) is 5.91 Å². The Hall–Kier alpha value is -1.38. The number of hydrogen-bond donors (Lipinski definition) is 0. The van der Waals surface area contributed by atoms with Crippen LogP contribution in [0.2, 0.25) is 0 Å². The van der Waals surface area contributed by atoms with Crippen molar-refractivity contribution in [3.05, 3.63) is 24.5 Å². The van der Waals surface area contributed by atoms with Gasteiger partial charge in [-0.1, -0.05) is 0 Å². The highest BCUT2D eigenvalue weighted by atomic mass is 16.2. The number of pyridine rings is 1. The Bertz CT molecular complexity index is 284. The Morgan fingerprint density at radius 3 is 3.08 bits per heavy atom. The van der Waals surface area contributed by atoms with Crippen molar-refractivity contribution in [2.24, 2.45) is 0 Å². The highest BCUT2D eigenvalue weighted by Gasteiger charge is 2.21. The minimum absolute atomic E-state index is 0.197. The Kier molecular flexibility index (Phi) is 1.78. The molecule has 3 nitrogen and oxygen atoms in total. The molecule has 2 heterocycles. The first-order valence-electron chi connectivity index (χ1n) is 4.00. The van der Waals surface area contributed by atoms with Gasteiger partial charge in [-0.15, -0.1) is 0 Å². The molecule has 12 heavy (non-hydrogen) atoms. The molecule has 0 aromatic carbocycles. The Morgan fingerprint density at radius 2 is 2.50 bits per heavy atom. The van der Waals surface area contributed by atoms with Gasteiger partial charge in [-0.05, 0) is 18.6 Å². The normalized spacial score (nSPS) is 17.0. The summed E-state index contributed by atoms with van der Waals surface area (Å²) in [5.41, 5.74) is 0.885. The molecule has 0 bridgehead atoms. The predicted octanol–water partition coefficient (Wildman–Crippen LogP) is 1.01. The van der Waals surface area contributed by atoms with E-state index in [0.717, 1.165) is 18.7 Å². The third kappa shape index (κ3) is 1.18. The fraction of sp³-hybridized carbons (Fsp3) is 0.333. The lowest BCUT2D eigenvalue weighted by atomic mass is 10.4. The van der Waals surface area contributed by atoms with Crippen LogP contribution in [0.15, 0.2) is 18.3 Å². The summed E-state index contributed by atoms with van der Waals surface area (Å²) < 4.78 is 0. The lowest BCUT2D eigenvalue weighted by Gasteiger charge is -2.13. The van der Waals surface area contributed by atoms with Crippen molar-refractivity contribution in [3.8, 4) is 0 Å². The van der Waals surface area contributed by atoms with Gasteiger partial charge >= 0.3 is 0 Å². The number of nitrogens with zero attached hydrogens (tertiary/aromatic N) is 2. The zero-order chi connectivity index (χ0) is 8.39. The Balaban J connectivity index is 2.25. The van der Waals surface area contributed by atoms with Crippen molar-refractivity contribution in [2.75, 3.05) is 11.4 Å². The smallest absolute Gasteiger partial charge is 0.227 e. The molecule has 1 fully saturated rings. The van der Waals surface area contributed by atoms with Crippen LogP contribution in [0.5, 0.6) is 0 Å². The van der Waals surface area contributed by atoms with E-state index >= 15 is 0 Å². The van der Waals surface area contributed by atoms with Crippen LogP contribution in [0.1, 0.15) is 12.8 Å². The fourth-order valence-corrected chi connectivity index (χ4v) is 1.39. The number of anilines is 1. The van der Waals surface area contributed by atoms with Gasteiger partial charge in [-0.3, -0.25) is 9.78 Å². The molecule has 0 unspecified atom stereocenters. The first-order chi connectivity index (χ1) is 5.88. The maximum atomic E-state index is 11.3. The molecule has 1 saturated heterocycles. The summed E-state index contributed by atoms with van der Waals surface area (Å²) in [6, 6.07) is 3.58. The lowest BCUT2D eigenvalue weighted by Crippen LogP contribution is -2.23. The lowest BCUT2D eigenvalue weighted by molar-refractivity contribution is -0.117. The molecule has 1 radical (unpaired) electrons. The highest BCUT2D eigenvalue weighted by molar-refractivity contribution is 5.95. The predicted molar refractivity (Wildman–Crippen MR) is 44.7 cm³/mol. The molecule has 1 aliphatic rings. The molecular formula is C9H9N2O. The van der Waals surface area contributed by atoms with E-state index in [4.69, 9.17) is 0 Å². The summed E-state index contributed by atoms with van der Waals surface area (Å²) in [5.74, 6) is 0.197. The first kappa shape index (κ1) is 7.28. The second-order valence-corrected chi connectivity index (χ2v) is 2.79. The van der Waals surface area contributed by atoms with Gasteiger partial charge in [-0.2, -0.15) is 0 Å². The van der Waals surface area contributed by atoms with Crippen LogP contribution in [0.25, 0.3) is 0 Å². The summed E-state index contributed by atoms with van der Waals surface area (Å²) in [4.78, 5) is 16.9. The monoisotopic (exact) mass is 161 g/mol. The maximum absolute atomic E-state index is 11.3. The van der Waals surface area contributed by atoms with Crippen LogP contribution < -0.4 is 4.90 Å². The number of carbonyl (C=O) groups is 1. The van der Waals surface area contributed by atoms with Crippen LogP contribution in [0.3, 0.4) is 0 Å². The molecule has 3 heteroatoms. The van der Waals surface area contributed by atoms with Gasteiger partial charge in [0.1, 0.15) is 0 Å². The quantitative estimate of drug-likeness (QED) is 0.615. The minimum Gasteiger partial charge on any atom is -0.311 e. The first-order valence-corrected chi connectivity index (χ1v) is 4.00. The third-order valence-corrected chi connectivity index (χ3v) is 1.99. The zero-order valence-electron chi connectivity index (χ0n) is 6.66. The molecule has 0 saturated carbocycles. The van der Waals surface area contributed by atoms with E-state index in [1.54, 1.807) is 17.2 Å². The molecular weight excluding hydrogens is 152 g/mol. The molecule has 61 valence electrons. The van der Waals surface area contributed by atoms with Gasteiger partial charge in [0.25, 0.3) is 0 Å². The number of hydrogen-bond acceptors (Lipinski definition) is 2. The van der Waals surface area contributed by atoms with Gasteiger partial charge in [0, 0.05) is 13.0 Å². The summed E-state index contributed by atoms with van der Waals surface area (Å²) in [7, 11) is 0. The molecule has 2 rings (SSSR count). The Morgan fingerprint density at radius 1 is 1.58 bits per heavy atom. The topological polar surface area (TPSA) is 33.2 Å². The van der Waals surface area contributed by atoms with E-state index in [1.165, 1.54) is 0 Å². The number of rotatable bonds is 1. The average molecular weight is 161 g/mol. The van der Waals surface area contributed by atoms with E-state index in [1.807, 2.05) is 6.07 Å². The van der Waals surface area contributed by atoms with Crippen molar-refractivity contribution < 1.29 is 4.79 Å². The fourth-order valence-electron chi connectivity index (χ4n) is 1.39. The van der Waals surface area contributed by atoms with Gasteiger partial charge in [0.2, 0.25) is 5.91 Å². The largest absolute Gasteiger partial charge is 0.311 e. The van der Waals surface area contributed by atoms with Gasteiger partial charge in [0.05, 0.1) is 18.1 Å². The minimum atomic E-state index is 0.197. The van der Waals surface area contributed by atoms with Crippen molar-refractivity contribution in [2.45, 2.75) is 12.8 Å². The van der Waals surface area contributed by atoms with Crippen LogP contribution in [0, 0.1) is 6.20 Å². The second kappa shape index (κ2) is 2.93.